The summed E-state index contributed by atoms with van der Waals surface area (Å²) in [6.45, 7) is -0.122. The third-order valence-corrected chi connectivity index (χ3v) is 6.19. The number of hydrogen-bond donors (Lipinski definition) is 6. The second kappa shape index (κ2) is 10.5. The molecule has 0 saturated heterocycles. The lowest BCUT2D eigenvalue weighted by molar-refractivity contribution is -0.114. The maximum Gasteiger partial charge on any atom is 0.224 e. The molecule has 8 N–H and O–H groups in total. The maximum absolute atomic E-state index is 11.5. The van der Waals surface area contributed by atoms with Crippen molar-refractivity contribution in [1.29, 1.82) is 0 Å². The number of carbonyl (C=O) groups is 1. The number of nitrogens with zero attached hydrogens (tertiary/aromatic N) is 3. The van der Waals surface area contributed by atoms with Crippen molar-refractivity contribution in [2.24, 2.45) is 10.2 Å². The molecule has 39 heavy (non-hydrogen) atoms. The van der Waals surface area contributed by atoms with E-state index < -0.39 is 17.1 Å². The van der Waals surface area contributed by atoms with Crippen molar-refractivity contribution in [1.82, 2.24) is 4.98 Å². The molecule has 3 aromatic rings. The highest BCUT2D eigenvalue weighted by Crippen LogP contribution is 2.50. The number of fused-ring (bicyclic) bond motifs is 4. The predicted molar refractivity (Wildman–Crippen MR) is 146 cm³/mol. The molecule has 200 valence electrons. The van der Waals surface area contributed by atoms with Gasteiger partial charge >= 0.3 is 0 Å². The number of ether oxygens (including phenoxy) is 1. The summed E-state index contributed by atoms with van der Waals surface area (Å²) in [4.78, 5) is 15.4. The van der Waals surface area contributed by atoms with Gasteiger partial charge in [0.15, 0.2) is 23.1 Å². The SMILES string of the molecule is Cl.Nc1ccc(N=Nc2ccccc2)c(N)n1.O=C1C=CC2=C3c4cc(O)c(O)cc4CC3(O)COC2=C1O. The monoisotopic (exact) mass is 549 g/mol. The standard InChI is InChI=1S/C16H12O6.C11H11N5.ClH/c17-10-2-1-8-13-9-4-12(19)11(18)3-7(9)5-16(13,21)6-22-15(8)14(10)20;12-10-7-6-9(11(13)14-10)16-15-8-4-2-1-3-5-8;/h1-4,18-21H,5-6H2;1-7H,(H4,12,13,14);1H. The van der Waals surface area contributed by atoms with Crippen molar-refractivity contribution in [2.45, 2.75) is 12.0 Å². The first kappa shape index (κ1) is 27.2. The third kappa shape index (κ3) is 5.13. The number of aromatic nitrogens is 1. The molecule has 2 heterocycles. The van der Waals surface area contributed by atoms with Gasteiger partial charge < -0.3 is 36.6 Å². The van der Waals surface area contributed by atoms with Gasteiger partial charge in [0.25, 0.3) is 0 Å². The van der Waals surface area contributed by atoms with E-state index in [0.29, 0.717) is 33.8 Å². The molecule has 3 aliphatic rings. The largest absolute Gasteiger partial charge is 0.504 e. The summed E-state index contributed by atoms with van der Waals surface area (Å²) < 4.78 is 5.40. The molecular weight excluding hydrogens is 526 g/mol. The van der Waals surface area contributed by atoms with Crippen molar-refractivity contribution in [3.8, 4) is 11.5 Å². The highest BCUT2D eigenvalue weighted by atomic mass is 35.5. The average Bonchev–Trinajstić information content (AvgIpc) is 3.18. The molecule has 11 nitrogen and oxygen atoms in total. The summed E-state index contributed by atoms with van der Waals surface area (Å²) in [5.74, 6) is -0.933. The van der Waals surface area contributed by atoms with Gasteiger partial charge in [0.05, 0.1) is 5.69 Å². The van der Waals surface area contributed by atoms with Gasteiger partial charge in [-0.05, 0) is 59.7 Å². The topological polar surface area (TPSA) is 197 Å². The molecule has 0 radical (unpaired) electrons. The highest BCUT2D eigenvalue weighted by Gasteiger charge is 2.47. The summed E-state index contributed by atoms with van der Waals surface area (Å²) in [6, 6.07) is 15.5. The quantitative estimate of drug-likeness (QED) is 0.201. The van der Waals surface area contributed by atoms with Gasteiger partial charge in [-0.3, -0.25) is 4.79 Å². The molecule has 1 aliphatic heterocycles. The summed E-state index contributed by atoms with van der Waals surface area (Å²) in [6.07, 6.45) is 2.90. The molecule has 2 aliphatic carbocycles. The summed E-state index contributed by atoms with van der Waals surface area (Å²) >= 11 is 0. The first-order chi connectivity index (χ1) is 18.2. The van der Waals surface area contributed by atoms with E-state index in [1.165, 1.54) is 24.3 Å². The number of nitrogens with two attached hydrogens (primary N) is 2. The van der Waals surface area contributed by atoms with E-state index in [-0.39, 0.29) is 48.5 Å². The summed E-state index contributed by atoms with van der Waals surface area (Å²) in [5, 5.41) is 48.1. The van der Waals surface area contributed by atoms with Crippen LogP contribution >= 0.6 is 12.4 Å². The molecule has 0 saturated carbocycles. The molecule has 2 aromatic carbocycles. The number of phenols is 2. The number of aliphatic hydroxyl groups excluding tert-OH is 1. The number of phenolic OH excluding ortho intramolecular Hbond substituents is 2. The average molecular weight is 550 g/mol. The minimum atomic E-state index is -1.33. The van der Waals surface area contributed by atoms with E-state index in [0.717, 1.165) is 5.69 Å². The number of nitrogen functional groups attached to an aromatic ring is 2. The van der Waals surface area contributed by atoms with E-state index in [1.54, 1.807) is 12.1 Å². The number of halogens is 1. The fourth-order valence-electron chi connectivity index (χ4n) is 4.43. The van der Waals surface area contributed by atoms with Crippen molar-refractivity contribution in [2.75, 3.05) is 18.1 Å². The van der Waals surface area contributed by atoms with E-state index >= 15 is 0 Å². The van der Waals surface area contributed by atoms with Crippen LogP contribution in [0.2, 0.25) is 0 Å². The van der Waals surface area contributed by atoms with Crippen LogP contribution in [0.1, 0.15) is 11.1 Å². The van der Waals surface area contributed by atoms with Crippen LogP contribution in [-0.4, -0.2) is 43.4 Å². The number of hydrogen-bond acceptors (Lipinski definition) is 11. The number of ketones is 1. The van der Waals surface area contributed by atoms with Gasteiger partial charge in [0, 0.05) is 17.6 Å². The number of carbonyl (C=O) groups excluding carboxylic acids is 1. The zero-order valence-corrected chi connectivity index (χ0v) is 21.1. The van der Waals surface area contributed by atoms with Crippen LogP contribution in [0.5, 0.6) is 11.5 Å². The van der Waals surface area contributed by atoms with Crippen LogP contribution in [0.15, 0.2) is 94.1 Å². The first-order valence-electron chi connectivity index (χ1n) is 11.5. The number of anilines is 2. The van der Waals surface area contributed by atoms with Gasteiger partial charge in [-0.1, -0.05) is 18.2 Å². The van der Waals surface area contributed by atoms with Crippen molar-refractivity contribution in [3.63, 3.8) is 0 Å². The van der Waals surface area contributed by atoms with Gasteiger partial charge in [-0.15, -0.1) is 17.5 Å². The zero-order valence-electron chi connectivity index (χ0n) is 20.3. The van der Waals surface area contributed by atoms with Crippen molar-refractivity contribution >= 4 is 46.8 Å². The molecule has 1 unspecified atom stereocenters. The van der Waals surface area contributed by atoms with Crippen LogP contribution in [0, 0.1) is 0 Å². The molecule has 12 heteroatoms. The van der Waals surface area contributed by atoms with Gasteiger partial charge in [0.2, 0.25) is 11.5 Å². The van der Waals surface area contributed by atoms with Gasteiger partial charge in [0.1, 0.15) is 23.7 Å². The fraction of sp³-hybridized carbons (Fsp3) is 0.111. The van der Waals surface area contributed by atoms with Crippen LogP contribution in [0.3, 0.4) is 0 Å². The second-order valence-electron chi connectivity index (χ2n) is 8.84. The van der Waals surface area contributed by atoms with E-state index in [2.05, 4.69) is 15.2 Å². The molecule has 0 spiro atoms. The van der Waals surface area contributed by atoms with Crippen molar-refractivity contribution in [3.05, 3.63) is 95.0 Å². The Labute approximate surface area is 228 Å². The number of pyridine rings is 1. The van der Waals surface area contributed by atoms with Crippen LogP contribution in [0.25, 0.3) is 5.57 Å². The number of aliphatic hydroxyl groups is 2. The molecule has 6 rings (SSSR count). The summed E-state index contributed by atoms with van der Waals surface area (Å²) in [5.41, 5.74) is 13.2. The normalized spacial score (nSPS) is 18.9. The number of benzene rings is 2. The Morgan fingerprint density at radius 1 is 0.949 bits per heavy atom. The molecule has 1 aromatic heterocycles. The van der Waals surface area contributed by atoms with Gasteiger partial charge in [-0.2, -0.15) is 5.11 Å². The van der Waals surface area contributed by atoms with E-state index in [9.17, 15) is 25.2 Å². The molecular formula is C27H24ClN5O6. The predicted octanol–water partition coefficient (Wildman–Crippen LogP) is 4.16. The Morgan fingerprint density at radius 2 is 1.67 bits per heavy atom. The number of azo groups is 1. The summed E-state index contributed by atoms with van der Waals surface area (Å²) in [7, 11) is 0. The van der Waals surface area contributed by atoms with E-state index in [4.69, 9.17) is 16.2 Å². The maximum atomic E-state index is 11.5. The Bertz CT molecular complexity index is 1580. The number of allylic oxidation sites excluding steroid dienone is 2. The van der Waals surface area contributed by atoms with Crippen LogP contribution in [-0.2, 0) is 16.0 Å². The molecule has 0 bridgehead atoms. The van der Waals surface area contributed by atoms with E-state index in [1.807, 2.05) is 30.3 Å². The van der Waals surface area contributed by atoms with Crippen LogP contribution in [0.4, 0.5) is 23.0 Å². The van der Waals surface area contributed by atoms with Crippen LogP contribution < -0.4 is 11.5 Å². The Kier molecular flexibility index (Phi) is 7.30. The first-order valence-corrected chi connectivity index (χ1v) is 11.5. The highest BCUT2D eigenvalue weighted by molar-refractivity contribution is 6.06. The van der Waals surface area contributed by atoms with Crippen molar-refractivity contribution < 1.29 is 30.0 Å². The number of aromatic hydroxyl groups is 2. The number of rotatable bonds is 2. The lowest BCUT2D eigenvalue weighted by Crippen LogP contribution is -2.39. The lowest BCUT2D eigenvalue weighted by atomic mass is 9.85. The molecule has 0 amide bonds. The Balaban J connectivity index is 0.000000186. The smallest absolute Gasteiger partial charge is 0.224 e. The minimum absolute atomic E-state index is 0. The molecule has 0 fully saturated rings. The fourth-order valence-corrected chi connectivity index (χ4v) is 4.43. The second-order valence-corrected chi connectivity index (χ2v) is 8.84. The zero-order chi connectivity index (χ0) is 27.0. The lowest BCUT2D eigenvalue weighted by Gasteiger charge is -2.33. The molecule has 1 atom stereocenters. The Morgan fingerprint density at radius 3 is 2.38 bits per heavy atom. The minimum Gasteiger partial charge on any atom is -0.504 e. The van der Waals surface area contributed by atoms with Gasteiger partial charge in [-0.25, -0.2) is 4.98 Å². The third-order valence-electron chi connectivity index (χ3n) is 6.19. The Hall–Kier alpha value is -4.87.